The first-order valence-corrected chi connectivity index (χ1v) is 13.0. The highest BCUT2D eigenvalue weighted by Crippen LogP contribution is 2.23. The molecule has 0 spiro atoms. The maximum Gasteiger partial charge on any atom is 0.255 e. The molecular formula is C29H28ClN7O. The van der Waals surface area contributed by atoms with E-state index < -0.39 is 0 Å². The minimum atomic E-state index is -0.162. The third-order valence-electron chi connectivity index (χ3n) is 6.91. The molecule has 1 aliphatic rings. The summed E-state index contributed by atoms with van der Waals surface area (Å²) in [6.45, 7) is 5.29. The van der Waals surface area contributed by atoms with Gasteiger partial charge >= 0.3 is 0 Å². The molecule has 3 heterocycles. The number of rotatable bonds is 6. The second-order valence-corrected chi connectivity index (χ2v) is 10.1. The van der Waals surface area contributed by atoms with Gasteiger partial charge < -0.3 is 15.2 Å². The van der Waals surface area contributed by atoms with Crippen molar-refractivity contribution in [1.29, 1.82) is 0 Å². The summed E-state index contributed by atoms with van der Waals surface area (Å²) < 4.78 is 1.77. The predicted octanol–water partition coefficient (Wildman–Crippen LogP) is 5.07. The number of carbonyl (C=O) groups is 1. The number of hydrogen-bond donors (Lipinski definition) is 2. The molecule has 0 atom stereocenters. The molecule has 2 N–H and O–H groups in total. The number of aromatic amines is 1. The minimum Gasteiger partial charge on any atom is -0.338 e. The molecule has 1 aliphatic heterocycles. The molecular weight excluding hydrogens is 498 g/mol. The van der Waals surface area contributed by atoms with E-state index in [1.807, 2.05) is 54.7 Å². The number of H-pyrrole nitrogens is 1. The molecule has 8 nitrogen and oxygen atoms in total. The number of amides is 1. The largest absolute Gasteiger partial charge is 0.338 e. The van der Waals surface area contributed by atoms with Crippen LogP contribution in [0.15, 0.2) is 79.1 Å². The number of benzene rings is 3. The summed E-state index contributed by atoms with van der Waals surface area (Å²) in [5, 5.41) is 8.13. The average molecular weight is 526 g/mol. The Morgan fingerprint density at radius 3 is 2.53 bits per heavy atom. The number of piperazine rings is 1. The lowest BCUT2D eigenvalue weighted by atomic mass is 10.1. The second kappa shape index (κ2) is 10.4. The highest BCUT2D eigenvalue weighted by molar-refractivity contribution is 6.30. The smallest absolute Gasteiger partial charge is 0.255 e. The van der Waals surface area contributed by atoms with Crippen molar-refractivity contribution < 1.29 is 4.79 Å². The number of nitrogens with zero attached hydrogens (tertiary/aromatic N) is 5. The Morgan fingerprint density at radius 1 is 1.00 bits per heavy atom. The highest BCUT2D eigenvalue weighted by atomic mass is 35.5. The third kappa shape index (κ3) is 5.33. The van der Waals surface area contributed by atoms with Gasteiger partial charge in [-0.1, -0.05) is 23.7 Å². The molecule has 3 aromatic carbocycles. The molecule has 6 rings (SSSR count). The molecule has 9 heteroatoms. The van der Waals surface area contributed by atoms with Gasteiger partial charge in [0.25, 0.3) is 5.91 Å². The summed E-state index contributed by atoms with van der Waals surface area (Å²) in [7, 11) is 2.16. The van der Waals surface area contributed by atoms with Crippen LogP contribution in [0.1, 0.15) is 15.9 Å². The Bertz CT molecular complexity index is 1570. The molecule has 0 aliphatic carbocycles. The normalized spacial score (nSPS) is 14.7. The summed E-state index contributed by atoms with van der Waals surface area (Å²) in [6, 6.07) is 21.0. The molecule has 5 aromatic rings. The van der Waals surface area contributed by atoms with Gasteiger partial charge in [0.1, 0.15) is 5.82 Å². The summed E-state index contributed by atoms with van der Waals surface area (Å²) in [5.74, 6) is 0.527. The molecule has 0 bridgehead atoms. The van der Waals surface area contributed by atoms with Gasteiger partial charge in [0.15, 0.2) is 0 Å². The molecule has 0 saturated carbocycles. The van der Waals surface area contributed by atoms with Crippen molar-refractivity contribution in [3.8, 4) is 17.1 Å². The van der Waals surface area contributed by atoms with Gasteiger partial charge in [-0.15, -0.1) is 0 Å². The number of carbonyl (C=O) groups excluding carboxylic acids is 1. The molecule has 1 fully saturated rings. The Morgan fingerprint density at radius 2 is 1.76 bits per heavy atom. The maximum atomic E-state index is 13.0. The Labute approximate surface area is 225 Å². The van der Waals surface area contributed by atoms with E-state index in [1.165, 1.54) is 5.56 Å². The van der Waals surface area contributed by atoms with Crippen LogP contribution in [-0.2, 0) is 6.54 Å². The first kappa shape index (κ1) is 24.4. The van der Waals surface area contributed by atoms with E-state index in [1.54, 1.807) is 16.9 Å². The lowest BCUT2D eigenvalue weighted by Gasteiger charge is -2.32. The summed E-state index contributed by atoms with van der Waals surface area (Å²) in [4.78, 5) is 25.8. The zero-order chi connectivity index (χ0) is 26.1. The van der Waals surface area contributed by atoms with Crippen LogP contribution in [-0.4, -0.2) is 68.7 Å². The number of hydrogen-bond acceptors (Lipinski definition) is 5. The fraction of sp³-hybridized carbons (Fsp3) is 0.207. The van der Waals surface area contributed by atoms with E-state index in [0.717, 1.165) is 60.7 Å². The van der Waals surface area contributed by atoms with Crippen molar-refractivity contribution in [3.05, 3.63) is 95.3 Å². The topological polar surface area (TPSA) is 82.1 Å². The van der Waals surface area contributed by atoms with E-state index in [2.05, 4.69) is 49.4 Å². The summed E-state index contributed by atoms with van der Waals surface area (Å²) >= 11 is 5.99. The van der Waals surface area contributed by atoms with Crippen LogP contribution in [0.3, 0.4) is 0 Å². The van der Waals surface area contributed by atoms with Crippen LogP contribution in [0.25, 0.3) is 28.1 Å². The second-order valence-electron chi connectivity index (χ2n) is 9.70. The van der Waals surface area contributed by atoms with Crippen LogP contribution in [0, 0.1) is 0 Å². The van der Waals surface area contributed by atoms with E-state index in [0.29, 0.717) is 16.4 Å². The number of aromatic nitrogens is 4. The van der Waals surface area contributed by atoms with Crippen LogP contribution >= 0.6 is 11.6 Å². The lowest BCUT2D eigenvalue weighted by molar-refractivity contribution is 0.102. The fourth-order valence-electron chi connectivity index (χ4n) is 4.63. The van der Waals surface area contributed by atoms with Gasteiger partial charge in [0.2, 0.25) is 0 Å². The lowest BCUT2D eigenvalue weighted by Crippen LogP contribution is -2.43. The molecule has 38 heavy (non-hydrogen) atoms. The van der Waals surface area contributed by atoms with Gasteiger partial charge in [-0.05, 0) is 67.2 Å². The maximum absolute atomic E-state index is 13.0. The number of anilines is 1. The van der Waals surface area contributed by atoms with Crippen LogP contribution in [0.5, 0.6) is 0 Å². The predicted molar refractivity (Wildman–Crippen MR) is 151 cm³/mol. The summed E-state index contributed by atoms with van der Waals surface area (Å²) in [5.41, 5.74) is 5.90. The SMILES string of the molecule is CN1CCN(Cc2ccc(NC(=O)c3ccc4nc(-c5cnn(-c6ccc(Cl)cc6)c5)[nH]c4c3)cc2)CC1. The standard InChI is InChI=1S/C29H28ClN7O/c1-35-12-14-36(15-13-35)18-20-2-7-24(8-3-20)32-29(38)21-4-11-26-27(16-21)34-28(33-26)22-17-31-37(19-22)25-9-5-23(30)6-10-25/h2-11,16-17,19H,12-15,18H2,1H3,(H,32,38)(H,33,34). The molecule has 1 saturated heterocycles. The van der Waals surface area contributed by atoms with E-state index in [-0.39, 0.29) is 5.91 Å². The number of imidazole rings is 1. The fourth-order valence-corrected chi connectivity index (χ4v) is 4.75. The number of nitrogens with one attached hydrogen (secondary N) is 2. The first-order valence-electron chi connectivity index (χ1n) is 12.6. The van der Waals surface area contributed by atoms with E-state index >= 15 is 0 Å². The minimum absolute atomic E-state index is 0.162. The van der Waals surface area contributed by atoms with Crippen molar-refractivity contribution in [2.24, 2.45) is 0 Å². The van der Waals surface area contributed by atoms with Crippen molar-refractivity contribution in [3.63, 3.8) is 0 Å². The van der Waals surface area contributed by atoms with Gasteiger partial charge in [-0.3, -0.25) is 9.69 Å². The quantitative estimate of drug-likeness (QED) is 0.323. The van der Waals surface area contributed by atoms with Crippen LogP contribution < -0.4 is 5.32 Å². The molecule has 0 radical (unpaired) electrons. The number of likely N-dealkylation sites (N-methyl/N-ethyl adjacent to an activating group) is 1. The summed E-state index contributed by atoms with van der Waals surface area (Å²) in [6.07, 6.45) is 3.66. The molecule has 2 aromatic heterocycles. The van der Waals surface area contributed by atoms with Gasteiger partial charge in [0, 0.05) is 55.2 Å². The molecule has 192 valence electrons. The number of halogens is 1. The monoisotopic (exact) mass is 525 g/mol. The average Bonchev–Trinajstić information content (AvgIpc) is 3.59. The van der Waals surface area contributed by atoms with Gasteiger partial charge in [-0.2, -0.15) is 5.10 Å². The van der Waals surface area contributed by atoms with Gasteiger partial charge in [0.05, 0.1) is 28.5 Å². The third-order valence-corrected chi connectivity index (χ3v) is 7.16. The zero-order valence-electron chi connectivity index (χ0n) is 21.1. The van der Waals surface area contributed by atoms with Crippen LogP contribution in [0.4, 0.5) is 5.69 Å². The zero-order valence-corrected chi connectivity index (χ0v) is 21.8. The Kier molecular flexibility index (Phi) is 6.68. The van der Waals surface area contributed by atoms with E-state index in [9.17, 15) is 4.79 Å². The van der Waals surface area contributed by atoms with Crippen molar-refractivity contribution in [2.75, 3.05) is 38.5 Å². The molecule has 0 unspecified atom stereocenters. The highest BCUT2D eigenvalue weighted by Gasteiger charge is 2.15. The Balaban J connectivity index is 1.13. The Hall–Kier alpha value is -3.98. The van der Waals surface area contributed by atoms with E-state index in [4.69, 9.17) is 11.6 Å². The van der Waals surface area contributed by atoms with Crippen molar-refractivity contribution in [2.45, 2.75) is 6.54 Å². The van der Waals surface area contributed by atoms with Gasteiger partial charge in [-0.25, -0.2) is 9.67 Å². The first-order chi connectivity index (χ1) is 18.5. The van der Waals surface area contributed by atoms with Crippen LogP contribution in [0.2, 0.25) is 5.02 Å². The van der Waals surface area contributed by atoms with Crippen molar-refractivity contribution in [1.82, 2.24) is 29.5 Å². The molecule has 1 amide bonds. The van der Waals surface area contributed by atoms with Crippen molar-refractivity contribution >= 4 is 34.2 Å². The number of fused-ring (bicyclic) bond motifs is 1.